The molecule has 0 spiro atoms. The second-order valence-corrected chi connectivity index (χ2v) is 8.54. The zero-order valence-corrected chi connectivity index (χ0v) is 14.3. The molecule has 1 atom stereocenters. The monoisotopic (exact) mass is 347 g/mol. The van der Waals surface area contributed by atoms with Crippen LogP contribution in [0.25, 0.3) is 0 Å². The first-order valence-electron chi connectivity index (χ1n) is 8.24. The molecular formula is C17H21N3O3S. The fourth-order valence-corrected chi connectivity index (χ4v) is 4.82. The second-order valence-electron chi connectivity index (χ2n) is 6.58. The number of hydrogen-bond acceptors (Lipinski definition) is 4. The van der Waals surface area contributed by atoms with E-state index in [4.69, 9.17) is 0 Å². The van der Waals surface area contributed by atoms with Gasteiger partial charge in [-0.2, -0.15) is 5.26 Å². The van der Waals surface area contributed by atoms with Gasteiger partial charge in [-0.25, -0.2) is 8.42 Å². The average Bonchev–Trinajstić information content (AvgIpc) is 2.55. The van der Waals surface area contributed by atoms with Crippen molar-refractivity contribution >= 4 is 21.6 Å². The van der Waals surface area contributed by atoms with Gasteiger partial charge in [0, 0.05) is 18.8 Å². The van der Waals surface area contributed by atoms with Gasteiger partial charge in [-0.3, -0.25) is 9.52 Å². The van der Waals surface area contributed by atoms with Gasteiger partial charge < -0.3 is 4.90 Å². The lowest BCUT2D eigenvalue weighted by atomic mass is 9.69. The van der Waals surface area contributed by atoms with Crippen molar-refractivity contribution in [3.63, 3.8) is 0 Å². The van der Waals surface area contributed by atoms with Gasteiger partial charge in [0.15, 0.2) is 0 Å². The number of rotatable bonds is 4. The largest absolute Gasteiger partial charge is 0.340 e. The molecule has 1 heterocycles. The summed E-state index contributed by atoms with van der Waals surface area (Å²) in [6, 6.07) is 10.9. The van der Waals surface area contributed by atoms with Crippen LogP contribution >= 0.6 is 0 Å². The van der Waals surface area contributed by atoms with Crippen LogP contribution in [0.2, 0.25) is 0 Å². The molecule has 0 radical (unpaired) electrons. The zero-order chi connectivity index (χ0) is 17.2. The van der Waals surface area contributed by atoms with Gasteiger partial charge in [0.25, 0.3) is 0 Å². The minimum absolute atomic E-state index is 0.157. The number of piperidine rings is 1. The van der Waals surface area contributed by atoms with E-state index in [-0.39, 0.29) is 12.5 Å². The first-order valence-corrected chi connectivity index (χ1v) is 9.79. The summed E-state index contributed by atoms with van der Waals surface area (Å²) in [6.07, 6.45) is 3.20. The van der Waals surface area contributed by atoms with Crippen LogP contribution in [-0.4, -0.2) is 37.6 Å². The molecule has 1 saturated heterocycles. The Kier molecular flexibility index (Phi) is 4.50. The van der Waals surface area contributed by atoms with Crippen molar-refractivity contribution in [1.82, 2.24) is 4.90 Å². The lowest BCUT2D eigenvalue weighted by Crippen LogP contribution is -2.53. The molecule has 1 saturated carbocycles. The molecule has 3 rings (SSSR count). The Morgan fingerprint density at radius 2 is 1.96 bits per heavy atom. The molecular weight excluding hydrogens is 326 g/mol. The van der Waals surface area contributed by atoms with E-state index >= 15 is 0 Å². The van der Waals surface area contributed by atoms with Gasteiger partial charge in [0.05, 0.1) is 11.3 Å². The van der Waals surface area contributed by atoms with E-state index in [0.29, 0.717) is 37.9 Å². The molecule has 1 aromatic carbocycles. The van der Waals surface area contributed by atoms with Crippen molar-refractivity contribution < 1.29 is 13.2 Å². The molecule has 128 valence electrons. The highest BCUT2D eigenvalue weighted by atomic mass is 32.2. The number of sulfonamides is 1. The van der Waals surface area contributed by atoms with Crippen LogP contribution in [0.15, 0.2) is 30.3 Å². The molecule has 0 bridgehead atoms. The van der Waals surface area contributed by atoms with E-state index in [9.17, 15) is 18.5 Å². The number of nitriles is 1. The lowest BCUT2D eigenvalue weighted by molar-refractivity contribution is -0.143. The van der Waals surface area contributed by atoms with Crippen LogP contribution in [-0.2, 0) is 14.8 Å². The Morgan fingerprint density at radius 1 is 1.25 bits per heavy atom. The molecule has 1 aromatic rings. The Hall–Kier alpha value is -2.07. The first-order chi connectivity index (χ1) is 11.5. The fraction of sp³-hybridized carbons (Fsp3) is 0.529. The van der Waals surface area contributed by atoms with Gasteiger partial charge >= 0.3 is 0 Å². The summed E-state index contributed by atoms with van der Waals surface area (Å²) in [5, 5.41) is 8.68. The van der Waals surface area contributed by atoms with Gasteiger partial charge in [-0.1, -0.05) is 18.2 Å². The molecule has 0 unspecified atom stereocenters. The Labute approximate surface area is 142 Å². The van der Waals surface area contributed by atoms with E-state index in [1.54, 1.807) is 29.2 Å². The van der Waals surface area contributed by atoms with Crippen LogP contribution in [0.4, 0.5) is 5.69 Å². The molecule has 2 fully saturated rings. The number of nitrogens with one attached hydrogen (secondary N) is 1. The van der Waals surface area contributed by atoms with Crippen LogP contribution in [0, 0.1) is 16.7 Å². The fourth-order valence-electron chi connectivity index (χ4n) is 3.34. The Morgan fingerprint density at radius 3 is 2.54 bits per heavy atom. The summed E-state index contributed by atoms with van der Waals surface area (Å²) < 4.78 is 27.8. The highest BCUT2D eigenvalue weighted by Gasteiger charge is 2.48. The van der Waals surface area contributed by atoms with E-state index in [1.807, 2.05) is 6.07 Å². The summed E-state index contributed by atoms with van der Waals surface area (Å²) in [4.78, 5) is 14.2. The van der Waals surface area contributed by atoms with Crippen LogP contribution in [0.5, 0.6) is 0 Å². The molecule has 1 amide bonds. The van der Waals surface area contributed by atoms with Crippen molar-refractivity contribution in [2.24, 2.45) is 5.41 Å². The van der Waals surface area contributed by atoms with Crippen molar-refractivity contribution in [3.05, 3.63) is 30.3 Å². The third-order valence-electron chi connectivity index (χ3n) is 4.97. The van der Waals surface area contributed by atoms with E-state index in [2.05, 4.69) is 10.8 Å². The van der Waals surface area contributed by atoms with Gasteiger partial charge in [-0.15, -0.1) is 0 Å². The number of nitrogens with zero attached hydrogens (tertiary/aromatic N) is 2. The topological polar surface area (TPSA) is 90.3 Å². The summed E-state index contributed by atoms with van der Waals surface area (Å²) in [5.41, 5.74) is -0.396. The Balaban J connectivity index is 1.71. The van der Waals surface area contributed by atoms with Gasteiger partial charge in [-0.05, 0) is 44.2 Å². The lowest BCUT2D eigenvalue weighted by Gasteiger charge is -2.41. The number of hydrogen-bond donors (Lipinski definition) is 1. The third kappa shape index (κ3) is 3.11. The SMILES string of the molecule is N#CC1(C(=O)N2CCC[C@H](S(=O)(=O)Nc3ccccc3)C2)CCC1. The van der Waals surface area contributed by atoms with Crippen molar-refractivity contribution in [2.45, 2.75) is 37.4 Å². The normalized spacial score (nSPS) is 23.0. The smallest absolute Gasteiger partial charge is 0.243 e. The Bertz CT molecular complexity index is 751. The molecule has 6 nitrogen and oxygen atoms in total. The van der Waals surface area contributed by atoms with Crippen molar-refractivity contribution in [2.75, 3.05) is 17.8 Å². The maximum Gasteiger partial charge on any atom is 0.243 e. The summed E-state index contributed by atoms with van der Waals surface area (Å²) in [5.74, 6) is -0.198. The molecule has 1 aliphatic carbocycles. The minimum Gasteiger partial charge on any atom is -0.340 e. The number of benzene rings is 1. The molecule has 0 aromatic heterocycles. The van der Waals surface area contributed by atoms with Gasteiger partial charge in [0.2, 0.25) is 15.9 Å². The van der Waals surface area contributed by atoms with E-state index in [0.717, 1.165) is 6.42 Å². The number of likely N-dealkylation sites (tertiary alicyclic amines) is 1. The van der Waals surface area contributed by atoms with Gasteiger partial charge in [0.1, 0.15) is 5.41 Å². The quantitative estimate of drug-likeness (QED) is 0.903. The number of carbonyl (C=O) groups is 1. The number of anilines is 1. The average molecular weight is 347 g/mol. The van der Waals surface area contributed by atoms with Crippen LogP contribution < -0.4 is 4.72 Å². The highest BCUT2D eigenvalue weighted by molar-refractivity contribution is 7.93. The third-order valence-corrected chi connectivity index (χ3v) is 6.75. The number of para-hydroxylation sites is 1. The first kappa shape index (κ1) is 16.8. The highest BCUT2D eigenvalue weighted by Crippen LogP contribution is 2.42. The van der Waals surface area contributed by atoms with Crippen LogP contribution in [0.3, 0.4) is 0 Å². The van der Waals surface area contributed by atoms with Crippen molar-refractivity contribution in [3.8, 4) is 6.07 Å². The number of carbonyl (C=O) groups excluding carboxylic acids is 1. The maximum absolute atomic E-state index is 12.7. The van der Waals surface area contributed by atoms with E-state index < -0.39 is 20.7 Å². The molecule has 24 heavy (non-hydrogen) atoms. The maximum atomic E-state index is 12.7. The zero-order valence-electron chi connectivity index (χ0n) is 13.4. The van der Waals surface area contributed by atoms with Crippen LogP contribution in [0.1, 0.15) is 32.1 Å². The molecule has 1 aliphatic heterocycles. The minimum atomic E-state index is -3.57. The molecule has 1 N–H and O–H groups in total. The summed E-state index contributed by atoms with van der Waals surface area (Å²) >= 11 is 0. The molecule has 2 aliphatic rings. The summed E-state index contributed by atoms with van der Waals surface area (Å²) in [6.45, 7) is 0.685. The second kappa shape index (κ2) is 6.44. The standard InChI is InChI=1S/C17H21N3O3S/c18-13-17(9-5-10-17)16(21)20-11-4-8-15(12-20)24(22,23)19-14-6-2-1-3-7-14/h1-3,6-7,15,19H,4-5,8-12H2/t15-/m0/s1. The predicted molar refractivity (Wildman–Crippen MR) is 90.5 cm³/mol. The number of amides is 1. The predicted octanol–water partition coefficient (Wildman–Crippen LogP) is 2.11. The van der Waals surface area contributed by atoms with Crippen molar-refractivity contribution in [1.29, 1.82) is 5.26 Å². The molecule has 7 heteroatoms. The summed E-state index contributed by atoms with van der Waals surface area (Å²) in [7, 11) is -3.57. The van der Waals surface area contributed by atoms with E-state index in [1.165, 1.54) is 0 Å².